The Bertz CT molecular complexity index is 956. The van der Waals surface area contributed by atoms with Crippen molar-refractivity contribution in [3.63, 3.8) is 0 Å². The number of rotatable bonds is 7. The van der Waals surface area contributed by atoms with E-state index in [1.165, 1.54) is 17.2 Å². The summed E-state index contributed by atoms with van der Waals surface area (Å²) in [6.07, 6.45) is 2.77. The average Bonchev–Trinajstić information content (AvgIpc) is 3.34. The molecule has 0 bridgehead atoms. The van der Waals surface area contributed by atoms with Crippen molar-refractivity contribution < 1.29 is 14.0 Å². The van der Waals surface area contributed by atoms with E-state index in [9.17, 15) is 9.50 Å². The Labute approximate surface area is 163 Å². The molecule has 2 aromatic carbocycles. The number of aryl methyl sites for hydroxylation is 2. The standard InChI is InChI=1S/C22H24FN3O2/c1-15-7-8-17(13-19(15)23)22-24-21(28-25-22)14-26(11-4-12-27)20-10-9-16-5-2-3-6-18(16)20/h2-3,5-8,13,20,27H,4,9-12,14H2,1H3. The molecule has 1 atom stereocenters. The molecule has 0 aliphatic heterocycles. The van der Waals surface area contributed by atoms with Gasteiger partial charge in [-0.05, 0) is 48.9 Å². The van der Waals surface area contributed by atoms with Crippen molar-refractivity contribution in [1.82, 2.24) is 15.0 Å². The summed E-state index contributed by atoms with van der Waals surface area (Å²) in [5.41, 5.74) is 3.90. The van der Waals surface area contributed by atoms with Crippen LogP contribution in [0.5, 0.6) is 0 Å². The summed E-state index contributed by atoms with van der Waals surface area (Å²) in [6.45, 7) is 3.11. The molecule has 3 aromatic rings. The highest BCUT2D eigenvalue weighted by Crippen LogP contribution is 2.36. The highest BCUT2D eigenvalue weighted by atomic mass is 19.1. The van der Waals surface area contributed by atoms with Crippen molar-refractivity contribution in [1.29, 1.82) is 0 Å². The number of aliphatic hydroxyl groups excluding tert-OH is 1. The molecular formula is C22H24FN3O2. The summed E-state index contributed by atoms with van der Waals surface area (Å²) in [4.78, 5) is 6.76. The van der Waals surface area contributed by atoms with Crippen LogP contribution >= 0.6 is 0 Å². The summed E-state index contributed by atoms with van der Waals surface area (Å²) in [5, 5.41) is 13.3. The molecule has 0 amide bonds. The van der Waals surface area contributed by atoms with Crippen LogP contribution in [0.3, 0.4) is 0 Å². The van der Waals surface area contributed by atoms with Gasteiger partial charge in [-0.25, -0.2) is 4.39 Å². The van der Waals surface area contributed by atoms with Gasteiger partial charge in [0, 0.05) is 24.8 Å². The molecule has 1 unspecified atom stereocenters. The van der Waals surface area contributed by atoms with Crippen LogP contribution in [-0.2, 0) is 13.0 Å². The highest BCUT2D eigenvalue weighted by Gasteiger charge is 2.28. The quantitative estimate of drug-likeness (QED) is 0.669. The Balaban J connectivity index is 1.55. The molecule has 0 saturated heterocycles. The summed E-state index contributed by atoms with van der Waals surface area (Å²) in [5.74, 6) is 0.608. The van der Waals surface area contributed by atoms with Gasteiger partial charge in [0.15, 0.2) is 0 Å². The van der Waals surface area contributed by atoms with Gasteiger partial charge in [-0.3, -0.25) is 4.90 Å². The van der Waals surface area contributed by atoms with E-state index >= 15 is 0 Å². The predicted molar refractivity (Wildman–Crippen MR) is 104 cm³/mol. The van der Waals surface area contributed by atoms with E-state index < -0.39 is 0 Å². The minimum Gasteiger partial charge on any atom is -0.396 e. The molecule has 4 rings (SSSR count). The van der Waals surface area contributed by atoms with Gasteiger partial charge in [0.25, 0.3) is 0 Å². The fourth-order valence-corrected chi connectivity index (χ4v) is 3.87. The SMILES string of the molecule is Cc1ccc(-c2noc(CN(CCCO)C3CCc4ccccc43)n2)cc1F. The van der Waals surface area contributed by atoms with Gasteiger partial charge >= 0.3 is 0 Å². The van der Waals surface area contributed by atoms with Crippen LogP contribution in [0.4, 0.5) is 4.39 Å². The number of aliphatic hydroxyl groups is 1. The van der Waals surface area contributed by atoms with Crippen LogP contribution in [0, 0.1) is 12.7 Å². The maximum absolute atomic E-state index is 13.8. The van der Waals surface area contributed by atoms with Crippen molar-refractivity contribution in [3.05, 3.63) is 70.9 Å². The number of hydrogen-bond donors (Lipinski definition) is 1. The first-order valence-corrected chi connectivity index (χ1v) is 9.67. The van der Waals surface area contributed by atoms with E-state index in [4.69, 9.17) is 4.52 Å². The fourth-order valence-electron chi connectivity index (χ4n) is 3.87. The molecule has 5 nitrogen and oxygen atoms in total. The third-order valence-electron chi connectivity index (χ3n) is 5.38. The van der Waals surface area contributed by atoms with Crippen LogP contribution in [0.1, 0.15) is 41.5 Å². The van der Waals surface area contributed by atoms with Crippen LogP contribution in [0.15, 0.2) is 47.0 Å². The zero-order valence-corrected chi connectivity index (χ0v) is 15.9. The van der Waals surface area contributed by atoms with Crippen molar-refractivity contribution in [2.24, 2.45) is 0 Å². The summed E-state index contributed by atoms with van der Waals surface area (Å²) in [6, 6.07) is 13.7. The van der Waals surface area contributed by atoms with E-state index in [-0.39, 0.29) is 18.5 Å². The van der Waals surface area contributed by atoms with Gasteiger partial charge in [-0.1, -0.05) is 41.6 Å². The van der Waals surface area contributed by atoms with Crippen LogP contribution in [-0.4, -0.2) is 33.3 Å². The highest BCUT2D eigenvalue weighted by molar-refractivity contribution is 5.54. The Morgan fingerprint density at radius 1 is 1.25 bits per heavy atom. The first kappa shape index (κ1) is 18.8. The lowest BCUT2D eigenvalue weighted by Gasteiger charge is -2.28. The second-order valence-corrected chi connectivity index (χ2v) is 7.28. The number of hydrogen-bond acceptors (Lipinski definition) is 5. The molecule has 1 aliphatic carbocycles. The lowest BCUT2D eigenvalue weighted by Crippen LogP contribution is -2.29. The molecule has 0 radical (unpaired) electrons. The summed E-state index contributed by atoms with van der Waals surface area (Å²) >= 11 is 0. The van der Waals surface area contributed by atoms with Gasteiger partial charge < -0.3 is 9.63 Å². The van der Waals surface area contributed by atoms with E-state index in [0.717, 1.165) is 19.4 Å². The zero-order valence-electron chi connectivity index (χ0n) is 15.9. The molecule has 1 heterocycles. The topological polar surface area (TPSA) is 62.4 Å². The predicted octanol–water partition coefficient (Wildman–Crippen LogP) is 4.06. The Morgan fingerprint density at radius 3 is 2.93 bits per heavy atom. The van der Waals surface area contributed by atoms with Gasteiger partial charge in [-0.15, -0.1) is 0 Å². The molecule has 1 aromatic heterocycles. The van der Waals surface area contributed by atoms with Gasteiger partial charge in [0.2, 0.25) is 11.7 Å². The molecule has 6 heteroatoms. The summed E-state index contributed by atoms with van der Waals surface area (Å²) < 4.78 is 19.3. The molecule has 146 valence electrons. The van der Waals surface area contributed by atoms with Crippen LogP contribution in [0.25, 0.3) is 11.4 Å². The van der Waals surface area contributed by atoms with Gasteiger partial charge in [-0.2, -0.15) is 4.98 Å². The summed E-state index contributed by atoms with van der Waals surface area (Å²) in [7, 11) is 0. The first-order chi connectivity index (χ1) is 13.7. The molecule has 0 spiro atoms. The van der Waals surface area contributed by atoms with Gasteiger partial charge in [0.05, 0.1) is 6.54 Å². The zero-order chi connectivity index (χ0) is 19.5. The molecule has 0 saturated carbocycles. The van der Waals surface area contributed by atoms with Crippen molar-refractivity contribution in [2.75, 3.05) is 13.2 Å². The monoisotopic (exact) mass is 381 g/mol. The number of halogens is 1. The molecule has 1 N–H and O–H groups in total. The van der Waals surface area contributed by atoms with E-state index in [1.54, 1.807) is 19.1 Å². The van der Waals surface area contributed by atoms with E-state index in [0.29, 0.717) is 35.8 Å². The maximum atomic E-state index is 13.8. The second-order valence-electron chi connectivity index (χ2n) is 7.28. The Hall–Kier alpha value is -2.57. The van der Waals surface area contributed by atoms with Crippen LogP contribution < -0.4 is 0 Å². The average molecular weight is 381 g/mol. The first-order valence-electron chi connectivity index (χ1n) is 9.67. The number of nitrogens with zero attached hydrogens (tertiary/aromatic N) is 3. The molecule has 1 aliphatic rings. The molecular weight excluding hydrogens is 357 g/mol. The van der Waals surface area contributed by atoms with Gasteiger partial charge in [0.1, 0.15) is 5.82 Å². The minimum absolute atomic E-state index is 0.141. The minimum atomic E-state index is -0.281. The smallest absolute Gasteiger partial charge is 0.241 e. The molecule has 28 heavy (non-hydrogen) atoms. The van der Waals surface area contributed by atoms with Crippen LogP contribution in [0.2, 0.25) is 0 Å². The van der Waals surface area contributed by atoms with Crippen molar-refractivity contribution in [2.45, 2.75) is 38.8 Å². The fraction of sp³-hybridized carbons (Fsp3) is 0.364. The number of benzene rings is 2. The van der Waals surface area contributed by atoms with E-state index in [1.807, 2.05) is 0 Å². The number of aromatic nitrogens is 2. The lowest BCUT2D eigenvalue weighted by molar-refractivity contribution is 0.148. The second kappa shape index (κ2) is 8.20. The molecule has 0 fully saturated rings. The van der Waals surface area contributed by atoms with Crippen molar-refractivity contribution in [3.8, 4) is 11.4 Å². The van der Waals surface area contributed by atoms with E-state index in [2.05, 4.69) is 39.3 Å². The lowest BCUT2D eigenvalue weighted by atomic mass is 10.1. The van der Waals surface area contributed by atoms with Crippen molar-refractivity contribution >= 4 is 0 Å². The Kier molecular flexibility index (Phi) is 5.50. The number of fused-ring (bicyclic) bond motifs is 1. The Morgan fingerprint density at radius 2 is 2.11 bits per heavy atom. The third kappa shape index (κ3) is 3.84. The normalized spacial score (nSPS) is 15.9. The maximum Gasteiger partial charge on any atom is 0.241 e. The third-order valence-corrected chi connectivity index (χ3v) is 5.38. The largest absolute Gasteiger partial charge is 0.396 e.